The van der Waals surface area contributed by atoms with Crippen molar-refractivity contribution in [3.63, 3.8) is 0 Å². The summed E-state index contributed by atoms with van der Waals surface area (Å²) in [5.41, 5.74) is 5.22. The van der Waals surface area contributed by atoms with Gasteiger partial charge in [-0.3, -0.25) is 4.90 Å². The first kappa shape index (κ1) is 18.9. The van der Waals surface area contributed by atoms with Crippen LogP contribution in [0.5, 0.6) is 0 Å². The molecular formula is C17H38N4. The Labute approximate surface area is 132 Å². The second-order valence-electron chi connectivity index (χ2n) is 6.66. The lowest BCUT2D eigenvalue weighted by atomic mass is 10.3. The molecule has 0 aromatic heterocycles. The van der Waals surface area contributed by atoms with Crippen LogP contribution in [-0.2, 0) is 0 Å². The van der Waals surface area contributed by atoms with E-state index < -0.39 is 0 Å². The SMILES string of the molecule is C1CN(C2CC2)CCN1.CCCN(C)CCC.NC1CC1. The molecule has 0 atom stereocenters. The van der Waals surface area contributed by atoms with E-state index in [9.17, 15) is 0 Å². The van der Waals surface area contributed by atoms with Gasteiger partial charge in [-0.1, -0.05) is 13.8 Å². The van der Waals surface area contributed by atoms with Gasteiger partial charge in [-0.2, -0.15) is 0 Å². The topological polar surface area (TPSA) is 44.5 Å². The van der Waals surface area contributed by atoms with Gasteiger partial charge in [-0.15, -0.1) is 0 Å². The summed E-state index contributed by atoms with van der Waals surface area (Å²) in [6.07, 6.45) is 7.99. The summed E-state index contributed by atoms with van der Waals surface area (Å²) in [5, 5.41) is 3.36. The number of hydrogen-bond donors (Lipinski definition) is 2. The first-order valence-electron chi connectivity index (χ1n) is 9.06. The van der Waals surface area contributed by atoms with Gasteiger partial charge in [0, 0.05) is 38.3 Å². The van der Waals surface area contributed by atoms with Crippen LogP contribution >= 0.6 is 0 Å². The maximum absolute atomic E-state index is 5.22. The van der Waals surface area contributed by atoms with Gasteiger partial charge < -0.3 is 16.0 Å². The van der Waals surface area contributed by atoms with Crippen LogP contribution < -0.4 is 11.1 Å². The van der Waals surface area contributed by atoms with Crippen molar-refractivity contribution in [2.45, 2.75) is 64.5 Å². The van der Waals surface area contributed by atoms with E-state index >= 15 is 0 Å². The predicted molar refractivity (Wildman–Crippen MR) is 92.8 cm³/mol. The average Bonchev–Trinajstić information content (AvgIpc) is 3.37. The van der Waals surface area contributed by atoms with Crippen LogP contribution in [0.15, 0.2) is 0 Å². The highest BCUT2D eigenvalue weighted by Crippen LogP contribution is 2.26. The van der Waals surface area contributed by atoms with Crippen LogP contribution in [0.1, 0.15) is 52.4 Å². The van der Waals surface area contributed by atoms with Crippen LogP contribution in [0.3, 0.4) is 0 Å². The Balaban J connectivity index is 0.000000169. The molecule has 3 rings (SSSR count). The standard InChI is InChI=1S/C7H14N2.C7H17N.C3H7N/c1-2-7(1)9-5-3-8-4-6-9;1-4-6-8(3)7-5-2;4-3-1-2-3/h7-8H,1-6H2;4-7H2,1-3H3;3H,1-2,4H2. The Morgan fingerprint density at radius 2 is 1.48 bits per heavy atom. The van der Waals surface area contributed by atoms with Gasteiger partial charge in [0.05, 0.1) is 0 Å². The molecule has 0 bridgehead atoms. The average molecular weight is 299 g/mol. The summed E-state index contributed by atoms with van der Waals surface area (Å²) in [4.78, 5) is 4.97. The van der Waals surface area contributed by atoms with Crippen molar-refractivity contribution in [2.75, 3.05) is 46.3 Å². The quantitative estimate of drug-likeness (QED) is 0.814. The molecule has 1 aliphatic heterocycles. The number of piperazine rings is 1. The van der Waals surface area contributed by atoms with Gasteiger partial charge in [-0.05, 0) is 58.7 Å². The molecule has 2 saturated carbocycles. The summed E-state index contributed by atoms with van der Waals surface area (Å²) in [5.74, 6) is 0. The number of nitrogens with two attached hydrogens (primary N) is 1. The number of nitrogens with zero attached hydrogens (tertiary/aromatic N) is 2. The molecule has 3 aliphatic rings. The monoisotopic (exact) mass is 298 g/mol. The third-order valence-electron chi connectivity index (χ3n) is 4.05. The van der Waals surface area contributed by atoms with E-state index in [1.165, 1.54) is 77.8 Å². The molecule has 0 aromatic carbocycles. The molecule has 0 spiro atoms. The Bertz CT molecular complexity index is 227. The van der Waals surface area contributed by atoms with Crippen molar-refractivity contribution in [2.24, 2.45) is 5.73 Å². The molecule has 4 nitrogen and oxygen atoms in total. The number of hydrogen-bond acceptors (Lipinski definition) is 4. The van der Waals surface area contributed by atoms with Crippen LogP contribution in [0.25, 0.3) is 0 Å². The zero-order chi connectivity index (χ0) is 15.5. The highest BCUT2D eigenvalue weighted by atomic mass is 15.2. The number of nitrogens with one attached hydrogen (secondary N) is 1. The molecule has 21 heavy (non-hydrogen) atoms. The van der Waals surface area contributed by atoms with E-state index in [0.29, 0.717) is 6.04 Å². The Kier molecular flexibility index (Phi) is 10.3. The summed E-state index contributed by atoms with van der Waals surface area (Å²) >= 11 is 0. The Morgan fingerprint density at radius 3 is 1.81 bits per heavy atom. The first-order valence-corrected chi connectivity index (χ1v) is 9.06. The Morgan fingerprint density at radius 1 is 1.00 bits per heavy atom. The van der Waals surface area contributed by atoms with E-state index in [0.717, 1.165) is 6.04 Å². The summed E-state index contributed by atoms with van der Waals surface area (Å²) in [6, 6.07) is 1.56. The summed E-state index contributed by atoms with van der Waals surface area (Å²) < 4.78 is 0. The molecule has 0 aromatic rings. The van der Waals surface area contributed by atoms with Gasteiger partial charge in [0.2, 0.25) is 0 Å². The highest BCUT2D eigenvalue weighted by molar-refractivity contribution is 4.86. The van der Waals surface area contributed by atoms with E-state index in [2.05, 4.69) is 36.0 Å². The first-order chi connectivity index (χ1) is 10.2. The lowest BCUT2D eigenvalue weighted by Gasteiger charge is -2.26. The summed E-state index contributed by atoms with van der Waals surface area (Å²) in [7, 11) is 2.17. The number of rotatable bonds is 5. The normalized spacial score (nSPS) is 22.1. The lowest BCUT2D eigenvalue weighted by Crippen LogP contribution is -2.44. The van der Waals surface area contributed by atoms with Crippen molar-refractivity contribution >= 4 is 0 Å². The molecule has 1 heterocycles. The maximum Gasteiger partial charge on any atom is 0.0110 e. The zero-order valence-electron chi connectivity index (χ0n) is 14.6. The van der Waals surface area contributed by atoms with Gasteiger partial charge >= 0.3 is 0 Å². The molecule has 3 N–H and O–H groups in total. The minimum Gasteiger partial charge on any atom is -0.328 e. The fraction of sp³-hybridized carbons (Fsp3) is 1.00. The molecule has 2 aliphatic carbocycles. The Hall–Kier alpha value is -0.160. The minimum absolute atomic E-state index is 0.583. The predicted octanol–water partition coefficient (Wildman–Crippen LogP) is 1.90. The minimum atomic E-state index is 0.583. The summed E-state index contributed by atoms with van der Waals surface area (Å²) in [6.45, 7) is 11.9. The fourth-order valence-corrected chi connectivity index (χ4v) is 2.46. The highest BCUT2D eigenvalue weighted by Gasteiger charge is 2.28. The zero-order valence-corrected chi connectivity index (χ0v) is 14.6. The smallest absolute Gasteiger partial charge is 0.0110 e. The van der Waals surface area contributed by atoms with E-state index in [1.807, 2.05) is 0 Å². The van der Waals surface area contributed by atoms with Crippen molar-refractivity contribution < 1.29 is 0 Å². The second kappa shape index (κ2) is 11.4. The molecular weight excluding hydrogens is 260 g/mol. The third-order valence-corrected chi connectivity index (χ3v) is 4.05. The van der Waals surface area contributed by atoms with Crippen LogP contribution in [0, 0.1) is 0 Å². The van der Waals surface area contributed by atoms with Crippen LogP contribution in [-0.4, -0.2) is 68.2 Å². The lowest BCUT2D eigenvalue weighted by molar-refractivity contribution is 0.231. The van der Waals surface area contributed by atoms with Crippen molar-refractivity contribution in [3.8, 4) is 0 Å². The van der Waals surface area contributed by atoms with Gasteiger partial charge in [0.1, 0.15) is 0 Å². The molecule has 0 radical (unpaired) electrons. The molecule has 0 amide bonds. The van der Waals surface area contributed by atoms with E-state index in [4.69, 9.17) is 5.73 Å². The third kappa shape index (κ3) is 11.1. The molecule has 1 saturated heterocycles. The molecule has 0 unspecified atom stereocenters. The van der Waals surface area contributed by atoms with Crippen LogP contribution in [0.2, 0.25) is 0 Å². The van der Waals surface area contributed by atoms with E-state index in [-0.39, 0.29) is 0 Å². The van der Waals surface area contributed by atoms with E-state index in [1.54, 1.807) is 0 Å². The largest absolute Gasteiger partial charge is 0.328 e. The second-order valence-corrected chi connectivity index (χ2v) is 6.66. The van der Waals surface area contributed by atoms with Gasteiger partial charge in [0.25, 0.3) is 0 Å². The van der Waals surface area contributed by atoms with Gasteiger partial charge in [-0.25, -0.2) is 0 Å². The van der Waals surface area contributed by atoms with Crippen molar-refractivity contribution in [1.29, 1.82) is 0 Å². The van der Waals surface area contributed by atoms with Crippen molar-refractivity contribution in [3.05, 3.63) is 0 Å². The van der Waals surface area contributed by atoms with Gasteiger partial charge in [0.15, 0.2) is 0 Å². The van der Waals surface area contributed by atoms with Crippen LogP contribution in [0.4, 0.5) is 0 Å². The maximum atomic E-state index is 5.22. The molecule has 4 heteroatoms. The van der Waals surface area contributed by atoms with Crippen molar-refractivity contribution in [1.82, 2.24) is 15.1 Å². The fourth-order valence-electron chi connectivity index (χ4n) is 2.46. The molecule has 126 valence electrons. The molecule has 3 fully saturated rings.